The van der Waals surface area contributed by atoms with Gasteiger partial charge in [-0.3, -0.25) is 0 Å². The van der Waals surface area contributed by atoms with Crippen LogP contribution < -0.4 is 4.74 Å². The molecule has 0 saturated heterocycles. The highest BCUT2D eigenvalue weighted by Crippen LogP contribution is 2.41. The summed E-state index contributed by atoms with van der Waals surface area (Å²) < 4.78 is 5.55. The molecule has 0 bridgehead atoms. The second-order valence-corrected chi connectivity index (χ2v) is 6.26. The van der Waals surface area contributed by atoms with E-state index in [4.69, 9.17) is 4.74 Å². The minimum atomic E-state index is -0.387. The second-order valence-electron chi connectivity index (χ2n) is 6.26. The number of aliphatic hydroxyl groups excluding tert-OH is 1. The molecule has 2 rings (SSSR count). The largest absolute Gasteiger partial charge is 0.496 e. The third kappa shape index (κ3) is 3.01. The molecule has 1 saturated carbocycles. The van der Waals surface area contributed by atoms with Crippen LogP contribution in [-0.2, 0) is 0 Å². The number of hydrogen-bond donors (Lipinski definition) is 1. The zero-order valence-electron chi connectivity index (χ0n) is 13.3. The highest BCUT2D eigenvalue weighted by molar-refractivity contribution is 5.46. The maximum Gasteiger partial charge on any atom is 0.127 e. The van der Waals surface area contributed by atoms with Crippen LogP contribution in [0.4, 0.5) is 0 Å². The first-order valence-electron chi connectivity index (χ1n) is 7.90. The van der Waals surface area contributed by atoms with E-state index < -0.39 is 0 Å². The Morgan fingerprint density at radius 3 is 2.40 bits per heavy atom. The Labute approximate surface area is 123 Å². The molecule has 1 unspecified atom stereocenters. The molecule has 1 atom stereocenters. The highest BCUT2D eigenvalue weighted by atomic mass is 16.5. The maximum absolute atomic E-state index is 10.8. The van der Waals surface area contributed by atoms with Gasteiger partial charge in [0.1, 0.15) is 5.75 Å². The minimum absolute atomic E-state index is 0.383. The lowest BCUT2D eigenvalue weighted by Crippen LogP contribution is -2.21. The van der Waals surface area contributed by atoms with Gasteiger partial charge in [0.15, 0.2) is 0 Å². The van der Waals surface area contributed by atoms with Crippen molar-refractivity contribution in [3.63, 3.8) is 0 Å². The van der Waals surface area contributed by atoms with Crippen molar-refractivity contribution in [2.75, 3.05) is 7.11 Å². The molecule has 0 aromatic heterocycles. The van der Waals surface area contributed by atoms with Gasteiger partial charge in [0.05, 0.1) is 13.2 Å². The Balaban J connectivity index is 2.17. The van der Waals surface area contributed by atoms with Gasteiger partial charge in [0.25, 0.3) is 0 Å². The molecule has 1 fully saturated rings. The molecule has 0 amide bonds. The van der Waals surface area contributed by atoms with Gasteiger partial charge in [-0.2, -0.15) is 0 Å². The first-order chi connectivity index (χ1) is 9.58. The van der Waals surface area contributed by atoms with E-state index in [1.165, 1.54) is 24.8 Å². The summed E-state index contributed by atoms with van der Waals surface area (Å²) in [5.41, 5.74) is 3.33. The van der Waals surface area contributed by atoms with Crippen molar-refractivity contribution in [3.8, 4) is 5.75 Å². The van der Waals surface area contributed by atoms with E-state index in [0.29, 0.717) is 5.92 Å². The number of ether oxygens (including phenoxy) is 1. The third-order valence-electron chi connectivity index (χ3n) is 5.15. The lowest BCUT2D eigenvalue weighted by atomic mass is 9.76. The van der Waals surface area contributed by atoms with Crippen LogP contribution >= 0.6 is 0 Å². The van der Waals surface area contributed by atoms with Crippen LogP contribution in [-0.4, -0.2) is 12.2 Å². The monoisotopic (exact) mass is 276 g/mol. The van der Waals surface area contributed by atoms with E-state index in [9.17, 15) is 5.11 Å². The van der Waals surface area contributed by atoms with Crippen molar-refractivity contribution in [2.24, 2.45) is 11.8 Å². The zero-order chi connectivity index (χ0) is 14.7. The molecule has 1 aromatic carbocycles. The average Bonchev–Trinajstić information content (AvgIpc) is 2.49. The average molecular weight is 276 g/mol. The van der Waals surface area contributed by atoms with Crippen LogP contribution in [0, 0.1) is 25.7 Å². The summed E-state index contributed by atoms with van der Waals surface area (Å²) in [6, 6.07) is 4.13. The normalized spacial score (nSPS) is 24.4. The van der Waals surface area contributed by atoms with Gasteiger partial charge in [-0.1, -0.05) is 38.3 Å². The number of methoxy groups -OCH3 is 1. The van der Waals surface area contributed by atoms with Crippen LogP contribution in [0.3, 0.4) is 0 Å². The molecular weight excluding hydrogens is 248 g/mol. The summed E-state index contributed by atoms with van der Waals surface area (Å²) in [7, 11) is 1.70. The molecule has 0 aliphatic heterocycles. The van der Waals surface area contributed by atoms with E-state index in [1.54, 1.807) is 7.11 Å². The molecule has 2 heteroatoms. The Kier molecular flexibility index (Phi) is 5.09. The number of aryl methyl sites for hydroxylation is 1. The number of rotatable bonds is 4. The minimum Gasteiger partial charge on any atom is -0.496 e. The Morgan fingerprint density at radius 2 is 1.85 bits per heavy atom. The number of benzene rings is 1. The second kappa shape index (κ2) is 6.62. The van der Waals surface area contributed by atoms with Crippen molar-refractivity contribution in [1.82, 2.24) is 0 Å². The summed E-state index contributed by atoms with van der Waals surface area (Å²) in [5.74, 6) is 2.11. The van der Waals surface area contributed by atoms with Crippen LogP contribution in [0.1, 0.15) is 61.8 Å². The van der Waals surface area contributed by atoms with E-state index in [0.717, 1.165) is 35.6 Å². The Hall–Kier alpha value is -1.02. The van der Waals surface area contributed by atoms with Crippen LogP contribution in [0.25, 0.3) is 0 Å². The molecule has 1 aromatic rings. The van der Waals surface area contributed by atoms with E-state index in [-0.39, 0.29) is 6.10 Å². The fraction of sp³-hybridized carbons (Fsp3) is 0.667. The lowest BCUT2D eigenvalue weighted by Gasteiger charge is -2.32. The Bertz CT molecular complexity index is 445. The molecule has 1 aliphatic rings. The van der Waals surface area contributed by atoms with Gasteiger partial charge in [-0.15, -0.1) is 0 Å². The smallest absolute Gasteiger partial charge is 0.127 e. The number of hydrogen-bond acceptors (Lipinski definition) is 2. The molecule has 112 valence electrons. The standard InChI is InChI=1S/C18H28O2/c1-5-14-7-9-15(10-8-14)17(19)16-11-6-12(2)13(3)18(16)20-4/h6,11,14-15,17,19H,5,7-10H2,1-4H3. The predicted octanol–water partition coefficient (Wildman–Crippen LogP) is 4.56. The van der Waals surface area contributed by atoms with Gasteiger partial charge >= 0.3 is 0 Å². The van der Waals surface area contributed by atoms with E-state index in [1.807, 2.05) is 6.07 Å². The quantitative estimate of drug-likeness (QED) is 0.873. The molecule has 1 N–H and O–H groups in total. The van der Waals surface area contributed by atoms with Crippen molar-refractivity contribution in [1.29, 1.82) is 0 Å². The molecule has 0 radical (unpaired) electrons. The van der Waals surface area contributed by atoms with E-state index in [2.05, 4.69) is 26.8 Å². The summed E-state index contributed by atoms with van der Waals surface area (Å²) in [4.78, 5) is 0. The Morgan fingerprint density at radius 1 is 1.20 bits per heavy atom. The molecule has 1 aliphatic carbocycles. The van der Waals surface area contributed by atoms with Crippen LogP contribution in [0.2, 0.25) is 0 Å². The molecule has 0 spiro atoms. The van der Waals surface area contributed by atoms with Gasteiger partial charge in [-0.25, -0.2) is 0 Å². The lowest BCUT2D eigenvalue weighted by molar-refractivity contribution is 0.0708. The van der Waals surface area contributed by atoms with E-state index >= 15 is 0 Å². The zero-order valence-corrected chi connectivity index (χ0v) is 13.3. The predicted molar refractivity (Wildman–Crippen MR) is 83.2 cm³/mol. The summed E-state index contributed by atoms with van der Waals surface area (Å²) >= 11 is 0. The molecule has 0 heterocycles. The van der Waals surface area contributed by atoms with Gasteiger partial charge in [0, 0.05) is 5.56 Å². The van der Waals surface area contributed by atoms with Gasteiger partial charge in [0.2, 0.25) is 0 Å². The number of aliphatic hydroxyl groups is 1. The highest BCUT2D eigenvalue weighted by Gasteiger charge is 2.28. The van der Waals surface area contributed by atoms with Crippen molar-refractivity contribution in [3.05, 3.63) is 28.8 Å². The molecule has 2 nitrogen and oxygen atoms in total. The summed E-state index contributed by atoms with van der Waals surface area (Å²) in [5, 5.41) is 10.8. The van der Waals surface area contributed by atoms with Crippen LogP contribution in [0.15, 0.2) is 12.1 Å². The summed E-state index contributed by atoms with van der Waals surface area (Å²) in [6.45, 7) is 6.42. The third-order valence-corrected chi connectivity index (χ3v) is 5.15. The van der Waals surface area contributed by atoms with Gasteiger partial charge < -0.3 is 9.84 Å². The molecule has 20 heavy (non-hydrogen) atoms. The first-order valence-corrected chi connectivity index (χ1v) is 7.90. The first kappa shape index (κ1) is 15.4. The summed E-state index contributed by atoms with van der Waals surface area (Å²) in [6.07, 6.45) is 5.67. The van der Waals surface area contributed by atoms with Gasteiger partial charge in [-0.05, 0) is 49.7 Å². The van der Waals surface area contributed by atoms with Crippen LogP contribution in [0.5, 0.6) is 5.75 Å². The topological polar surface area (TPSA) is 29.5 Å². The van der Waals surface area contributed by atoms with Crippen molar-refractivity contribution < 1.29 is 9.84 Å². The fourth-order valence-corrected chi connectivity index (χ4v) is 3.48. The van der Waals surface area contributed by atoms with Crippen molar-refractivity contribution in [2.45, 2.75) is 59.0 Å². The SMILES string of the molecule is CCC1CCC(C(O)c2ccc(C)c(C)c2OC)CC1. The van der Waals surface area contributed by atoms with Crippen molar-refractivity contribution >= 4 is 0 Å². The maximum atomic E-state index is 10.8. The molecular formula is C18H28O2. The fourth-order valence-electron chi connectivity index (χ4n) is 3.48.